The van der Waals surface area contributed by atoms with Gasteiger partial charge in [0.25, 0.3) is 12.7 Å². The topological polar surface area (TPSA) is 227 Å². The van der Waals surface area contributed by atoms with Crippen molar-refractivity contribution < 1.29 is 57.1 Å². The average Bonchev–Trinajstić information content (AvgIpc) is 4.15. The number of hydrogen-bond acceptors (Lipinski definition) is 18. The number of rotatable bonds is 33. The number of nitrogens with one attached hydrogen (secondary N) is 2. The SMILES string of the molecule is CCCOc1ccc(C(CN2C=CN(CC(=O)Nc3cccc(OC)c3)C2OC(=O)CCC(=O)OC2N(CC(=O)Nc3cccc(OC)c3)C=CN2CC(OCCc2ccc(C#N)cc2)c2ccc(OCCC)cc2)OCCc2ccc(C#N)cc2)cc1. The number of benzene rings is 6. The first kappa shape index (κ1) is 64.0. The van der Waals surface area contributed by atoms with E-state index < -0.39 is 61.5 Å². The van der Waals surface area contributed by atoms with E-state index in [2.05, 4.69) is 22.8 Å². The monoisotopic (exact) mass is 1190 g/mol. The number of anilines is 2. The van der Waals surface area contributed by atoms with Crippen molar-refractivity contribution in [1.29, 1.82) is 10.5 Å². The molecule has 20 nitrogen and oxygen atoms in total. The maximum absolute atomic E-state index is 14.2. The van der Waals surface area contributed by atoms with E-state index >= 15 is 0 Å². The summed E-state index contributed by atoms with van der Waals surface area (Å²) in [5.74, 6) is 0.165. The van der Waals surface area contributed by atoms with E-state index in [9.17, 15) is 29.7 Å². The molecule has 2 heterocycles. The molecule has 2 aliphatic heterocycles. The lowest BCUT2D eigenvalue weighted by Crippen LogP contribution is -2.47. The third-order valence-corrected chi connectivity index (χ3v) is 14.2. The van der Waals surface area contributed by atoms with Gasteiger partial charge in [0.1, 0.15) is 48.3 Å². The number of nitriles is 2. The molecule has 458 valence electrons. The van der Waals surface area contributed by atoms with Crippen LogP contribution >= 0.6 is 0 Å². The second-order valence-electron chi connectivity index (χ2n) is 20.7. The van der Waals surface area contributed by atoms with Crippen LogP contribution in [0.5, 0.6) is 23.0 Å². The van der Waals surface area contributed by atoms with Crippen molar-refractivity contribution in [2.24, 2.45) is 0 Å². The van der Waals surface area contributed by atoms with Crippen molar-refractivity contribution in [3.05, 3.63) is 204 Å². The number of esters is 2. The number of nitrogens with zero attached hydrogens (tertiary/aromatic N) is 6. The number of carbonyl (C=O) groups is 4. The van der Waals surface area contributed by atoms with Gasteiger partial charge in [0, 0.05) is 48.3 Å². The summed E-state index contributed by atoms with van der Waals surface area (Å²) >= 11 is 0. The molecule has 0 saturated heterocycles. The van der Waals surface area contributed by atoms with E-state index in [1.807, 2.05) is 86.6 Å². The molecule has 8 rings (SSSR count). The zero-order chi connectivity index (χ0) is 62.0. The molecule has 0 fully saturated rings. The summed E-state index contributed by atoms with van der Waals surface area (Å²) in [6, 6.07) is 48.0. The van der Waals surface area contributed by atoms with E-state index in [0.29, 0.717) is 84.8 Å². The fourth-order valence-electron chi connectivity index (χ4n) is 9.56. The molecule has 0 aromatic heterocycles. The summed E-state index contributed by atoms with van der Waals surface area (Å²) in [5, 5.41) is 24.5. The molecule has 2 amide bonds. The van der Waals surface area contributed by atoms with Crippen LogP contribution in [-0.4, -0.2) is 123 Å². The first-order valence-electron chi connectivity index (χ1n) is 29.3. The molecule has 4 atom stereocenters. The van der Waals surface area contributed by atoms with Crippen molar-refractivity contribution in [3.63, 3.8) is 0 Å². The quantitative estimate of drug-likeness (QED) is 0.0365. The highest BCUT2D eigenvalue weighted by molar-refractivity contribution is 5.93. The third kappa shape index (κ3) is 19.2. The maximum atomic E-state index is 14.2. The molecule has 4 unspecified atom stereocenters. The molecule has 0 bridgehead atoms. The highest BCUT2D eigenvalue weighted by Crippen LogP contribution is 2.30. The predicted octanol–water partition coefficient (Wildman–Crippen LogP) is 10.2. The van der Waals surface area contributed by atoms with Crippen LogP contribution in [0.1, 0.15) is 85.1 Å². The fraction of sp³-hybridized carbons (Fsp3) is 0.324. The first-order valence-corrected chi connectivity index (χ1v) is 29.3. The zero-order valence-corrected chi connectivity index (χ0v) is 50.0. The molecule has 6 aromatic rings. The van der Waals surface area contributed by atoms with Gasteiger partial charge in [-0.3, -0.25) is 19.2 Å². The Morgan fingerprint density at radius 3 is 1.24 bits per heavy atom. The predicted molar refractivity (Wildman–Crippen MR) is 329 cm³/mol. The molecular weight excluding hydrogens is 1120 g/mol. The molecule has 20 heteroatoms. The molecule has 0 radical (unpaired) electrons. The van der Waals surface area contributed by atoms with Gasteiger partial charge in [-0.05, 0) is 121 Å². The second-order valence-corrected chi connectivity index (χ2v) is 20.7. The van der Waals surface area contributed by atoms with Gasteiger partial charge in [-0.15, -0.1) is 0 Å². The molecule has 2 N–H and O–H groups in total. The highest BCUT2D eigenvalue weighted by atomic mass is 16.6. The Kier molecular flexibility index (Phi) is 24.0. The molecule has 0 saturated carbocycles. The van der Waals surface area contributed by atoms with E-state index in [0.717, 1.165) is 35.1 Å². The number of methoxy groups -OCH3 is 2. The standard InChI is InChI=1S/C68H74N8O12/c1-5-37-83-57-25-21-53(22-26-57)61(85-39-31-49-13-17-51(43-69)18-14-49)45-73-33-35-75(47-63(77)71-55-9-7-11-59(41-55)81-3)67(73)87-65(79)29-30-66(80)88-68-74(34-36-76(68)48-64(78)72-56-10-8-12-60(42-56)82-4)46-62(54-23-27-58(28-24-54)84-38-6-2)86-40-32-50-15-19-52(44-70)20-16-50/h7-28,33-36,41-42,61-62,67-68H,5-6,29-32,37-40,45-48H2,1-4H3,(H,71,77)(H,72,78). The minimum absolute atomic E-state index is 0.162. The summed E-state index contributed by atoms with van der Waals surface area (Å²) in [7, 11) is 3.07. The average molecular weight is 1200 g/mol. The first-order chi connectivity index (χ1) is 42.9. The van der Waals surface area contributed by atoms with Gasteiger partial charge >= 0.3 is 11.9 Å². The van der Waals surface area contributed by atoms with Crippen molar-refractivity contribution >= 4 is 35.1 Å². The number of amides is 2. The van der Waals surface area contributed by atoms with Gasteiger partial charge in [-0.2, -0.15) is 10.5 Å². The zero-order valence-electron chi connectivity index (χ0n) is 50.0. The lowest BCUT2D eigenvalue weighted by Gasteiger charge is -2.34. The molecular formula is C68H74N8O12. The molecule has 0 spiro atoms. The van der Waals surface area contributed by atoms with Gasteiger partial charge in [0.2, 0.25) is 11.8 Å². The lowest BCUT2D eigenvalue weighted by atomic mass is 10.1. The Labute approximate surface area is 513 Å². The third-order valence-electron chi connectivity index (χ3n) is 14.2. The fourth-order valence-corrected chi connectivity index (χ4v) is 9.56. The van der Waals surface area contributed by atoms with Crippen LogP contribution in [0.25, 0.3) is 0 Å². The van der Waals surface area contributed by atoms with Gasteiger partial charge in [-0.1, -0.05) is 74.5 Å². The Morgan fingerprint density at radius 2 is 0.875 bits per heavy atom. The lowest BCUT2D eigenvalue weighted by molar-refractivity contribution is -0.178. The van der Waals surface area contributed by atoms with Crippen molar-refractivity contribution in [2.45, 2.75) is 77.3 Å². The van der Waals surface area contributed by atoms with E-state index in [-0.39, 0.29) is 26.2 Å². The van der Waals surface area contributed by atoms with Crippen LogP contribution in [0.2, 0.25) is 0 Å². The summed E-state index contributed by atoms with van der Waals surface area (Å²) in [6.07, 6.45) is 5.21. The summed E-state index contributed by atoms with van der Waals surface area (Å²) in [5.41, 5.74) is 5.69. The normalized spacial score (nSPS) is 14.8. The van der Waals surface area contributed by atoms with Crippen LogP contribution in [-0.2, 0) is 51.0 Å². The number of hydrogen-bond donors (Lipinski definition) is 2. The summed E-state index contributed by atoms with van der Waals surface area (Å²) in [4.78, 5) is 62.6. The van der Waals surface area contributed by atoms with E-state index in [4.69, 9.17) is 37.9 Å². The largest absolute Gasteiger partial charge is 0.497 e. The van der Waals surface area contributed by atoms with E-state index in [1.165, 1.54) is 14.2 Å². The maximum Gasteiger partial charge on any atom is 0.309 e. The summed E-state index contributed by atoms with van der Waals surface area (Å²) in [6.45, 7) is 5.63. The Bertz CT molecular complexity index is 3160. The molecule has 6 aromatic carbocycles. The smallest absolute Gasteiger partial charge is 0.309 e. The van der Waals surface area contributed by atoms with Gasteiger partial charge in [0.05, 0.1) is 89.8 Å². The Balaban J connectivity index is 0.995. The Morgan fingerprint density at radius 1 is 0.489 bits per heavy atom. The molecule has 2 aliphatic rings. The van der Waals surface area contributed by atoms with Crippen LogP contribution in [0, 0.1) is 22.7 Å². The number of ether oxygens (including phenoxy) is 8. The van der Waals surface area contributed by atoms with Gasteiger partial charge in [0.15, 0.2) is 0 Å². The Hall–Kier alpha value is -10.0. The number of carbonyl (C=O) groups excluding carboxylic acids is 4. The van der Waals surface area contributed by atoms with E-state index in [1.54, 1.807) is 117 Å². The minimum atomic E-state index is -1.16. The minimum Gasteiger partial charge on any atom is -0.497 e. The van der Waals surface area contributed by atoms with Crippen LogP contribution in [0.3, 0.4) is 0 Å². The molecule has 88 heavy (non-hydrogen) atoms. The van der Waals surface area contributed by atoms with Crippen LogP contribution in [0.4, 0.5) is 11.4 Å². The van der Waals surface area contributed by atoms with Gasteiger partial charge in [-0.25, -0.2) is 0 Å². The van der Waals surface area contributed by atoms with Crippen LogP contribution < -0.4 is 29.6 Å². The van der Waals surface area contributed by atoms with Crippen molar-refractivity contribution in [1.82, 2.24) is 19.6 Å². The second kappa shape index (κ2) is 33.0. The van der Waals surface area contributed by atoms with Gasteiger partial charge < -0.3 is 68.1 Å². The van der Waals surface area contributed by atoms with Crippen LogP contribution in [0.15, 0.2) is 170 Å². The molecule has 0 aliphatic carbocycles. The highest BCUT2D eigenvalue weighted by Gasteiger charge is 2.36. The van der Waals surface area contributed by atoms with Crippen molar-refractivity contribution in [3.8, 4) is 35.1 Å². The summed E-state index contributed by atoms with van der Waals surface area (Å²) < 4.78 is 48.2. The van der Waals surface area contributed by atoms with Crippen molar-refractivity contribution in [2.75, 3.05) is 77.5 Å².